The van der Waals surface area contributed by atoms with Crippen LogP contribution in [0.5, 0.6) is 5.75 Å². The van der Waals surface area contributed by atoms with Crippen LogP contribution in [0.2, 0.25) is 0 Å². The van der Waals surface area contributed by atoms with E-state index < -0.39 is 0 Å². The monoisotopic (exact) mass is 411 g/mol. The standard InChI is InChI=1S/C26H37NO3/c1-25-11-7-18(28)15-17(25)3-4-20-21-5-6-23(26(21,2)12-8-22(20)25)24(29)16-30-19-9-13-27-14-10-19/h9-10,13-14,17-18,20-23,28H,3-8,11-12,15-16H2,1-2H3/t17-,18-,20+,21+,22+,23-,25+,26+/m1/s1. The van der Waals surface area contributed by atoms with Crippen molar-refractivity contribution in [3.05, 3.63) is 24.5 Å². The van der Waals surface area contributed by atoms with E-state index in [1.54, 1.807) is 12.4 Å². The number of rotatable bonds is 4. The minimum Gasteiger partial charge on any atom is -0.486 e. The van der Waals surface area contributed by atoms with E-state index >= 15 is 0 Å². The van der Waals surface area contributed by atoms with Gasteiger partial charge in [0, 0.05) is 18.3 Å². The highest BCUT2D eigenvalue weighted by Crippen LogP contribution is 2.67. The maximum atomic E-state index is 13.2. The van der Waals surface area contributed by atoms with Crippen LogP contribution in [-0.2, 0) is 4.79 Å². The smallest absolute Gasteiger partial charge is 0.173 e. The Labute approximate surface area is 180 Å². The fraction of sp³-hybridized carbons (Fsp3) is 0.769. The average Bonchev–Trinajstić information content (AvgIpc) is 3.10. The number of aliphatic hydroxyl groups is 1. The van der Waals surface area contributed by atoms with Crippen molar-refractivity contribution in [2.75, 3.05) is 6.61 Å². The molecule has 1 aromatic rings. The molecule has 0 aliphatic heterocycles. The lowest BCUT2D eigenvalue weighted by Gasteiger charge is -2.60. The summed E-state index contributed by atoms with van der Waals surface area (Å²) in [5.74, 6) is 4.07. The van der Waals surface area contributed by atoms with Crippen molar-refractivity contribution in [1.29, 1.82) is 0 Å². The number of carbonyl (C=O) groups excluding carboxylic acids is 1. The highest BCUT2D eigenvalue weighted by atomic mass is 16.5. The fourth-order valence-corrected chi connectivity index (χ4v) is 8.45. The van der Waals surface area contributed by atoms with Crippen molar-refractivity contribution in [2.24, 2.45) is 40.4 Å². The van der Waals surface area contributed by atoms with Gasteiger partial charge in [0.1, 0.15) is 12.4 Å². The zero-order valence-electron chi connectivity index (χ0n) is 18.6. The molecule has 0 bridgehead atoms. The summed E-state index contributed by atoms with van der Waals surface area (Å²) in [7, 11) is 0. The first-order chi connectivity index (χ1) is 14.4. The van der Waals surface area contributed by atoms with Gasteiger partial charge in [-0.3, -0.25) is 9.78 Å². The molecule has 164 valence electrons. The number of fused-ring (bicyclic) bond motifs is 5. The summed E-state index contributed by atoms with van der Waals surface area (Å²) >= 11 is 0. The van der Waals surface area contributed by atoms with Gasteiger partial charge in [-0.05, 0) is 104 Å². The van der Waals surface area contributed by atoms with Crippen molar-refractivity contribution in [3.8, 4) is 5.75 Å². The molecule has 4 heteroatoms. The van der Waals surface area contributed by atoms with Crippen LogP contribution in [0.25, 0.3) is 0 Å². The minimum absolute atomic E-state index is 0.0811. The van der Waals surface area contributed by atoms with Crippen LogP contribution in [-0.4, -0.2) is 28.6 Å². The molecular weight excluding hydrogens is 374 g/mol. The van der Waals surface area contributed by atoms with Crippen molar-refractivity contribution in [1.82, 2.24) is 4.98 Å². The Morgan fingerprint density at radius 1 is 1.03 bits per heavy atom. The van der Waals surface area contributed by atoms with E-state index in [1.807, 2.05) is 12.1 Å². The lowest BCUT2D eigenvalue weighted by Crippen LogP contribution is -2.54. The molecule has 0 unspecified atom stereocenters. The normalized spacial score (nSPS) is 45.2. The number of aromatic nitrogens is 1. The molecule has 1 N–H and O–H groups in total. The first-order valence-corrected chi connectivity index (χ1v) is 12.2. The van der Waals surface area contributed by atoms with Gasteiger partial charge in [0.2, 0.25) is 0 Å². The van der Waals surface area contributed by atoms with Gasteiger partial charge in [-0.2, -0.15) is 0 Å². The molecule has 1 aromatic heterocycles. The van der Waals surface area contributed by atoms with Gasteiger partial charge in [-0.15, -0.1) is 0 Å². The highest BCUT2D eigenvalue weighted by molar-refractivity contribution is 5.83. The van der Waals surface area contributed by atoms with E-state index in [2.05, 4.69) is 18.8 Å². The molecular formula is C26H37NO3. The number of carbonyl (C=O) groups is 1. The molecule has 1 heterocycles. The minimum atomic E-state index is -0.0811. The molecule has 0 amide bonds. The Morgan fingerprint density at radius 3 is 2.57 bits per heavy atom. The lowest BCUT2D eigenvalue weighted by molar-refractivity contribution is -0.141. The van der Waals surface area contributed by atoms with Crippen LogP contribution in [0.15, 0.2) is 24.5 Å². The number of ketones is 1. The predicted molar refractivity (Wildman–Crippen MR) is 116 cm³/mol. The second-order valence-corrected chi connectivity index (χ2v) is 11.2. The van der Waals surface area contributed by atoms with Gasteiger partial charge < -0.3 is 9.84 Å². The first-order valence-electron chi connectivity index (χ1n) is 12.2. The van der Waals surface area contributed by atoms with Gasteiger partial charge in [-0.1, -0.05) is 13.8 Å². The van der Waals surface area contributed by atoms with E-state index in [0.29, 0.717) is 17.3 Å². The van der Waals surface area contributed by atoms with Crippen LogP contribution in [0, 0.1) is 40.4 Å². The third-order valence-electron chi connectivity index (χ3n) is 10.1. The summed E-state index contributed by atoms with van der Waals surface area (Å²) in [5, 5.41) is 10.2. The van der Waals surface area contributed by atoms with Crippen LogP contribution in [0.1, 0.15) is 71.6 Å². The van der Waals surface area contributed by atoms with Crippen LogP contribution < -0.4 is 4.74 Å². The zero-order chi connectivity index (χ0) is 20.9. The number of Topliss-reactive ketones (excluding diaryl/α,β-unsaturated/α-hetero) is 1. The fourth-order valence-electron chi connectivity index (χ4n) is 8.45. The second-order valence-electron chi connectivity index (χ2n) is 11.2. The predicted octanol–water partition coefficient (Wildman–Crippen LogP) is 5.05. The van der Waals surface area contributed by atoms with Gasteiger partial charge in [-0.25, -0.2) is 0 Å². The summed E-state index contributed by atoms with van der Waals surface area (Å²) in [6, 6.07) is 3.63. The Balaban J connectivity index is 1.30. The Morgan fingerprint density at radius 2 is 1.77 bits per heavy atom. The first kappa shape index (κ1) is 20.5. The molecule has 0 aromatic carbocycles. The van der Waals surface area contributed by atoms with Crippen molar-refractivity contribution in [2.45, 2.75) is 77.7 Å². The van der Waals surface area contributed by atoms with E-state index in [-0.39, 0.29) is 29.8 Å². The quantitative estimate of drug-likeness (QED) is 0.753. The summed E-state index contributed by atoms with van der Waals surface area (Å²) in [4.78, 5) is 17.2. The van der Waals surface area contributed by atoms with Gasteiger partial charge >= 0.3 is 0 Å². The molecule has 0 saturated heterocycles. The van der Waals surface area contributed by atoms with E-state index in [9.17, 15) is 9.90 Å². The third-order valence-corrected chi connectivity index (χ3v) is 10.1. The SMILES string of the molecule is C[C@]12CC[C@@H](O)C[C@H]1CC[C@@H]1[C@@H]2CC[C@]2(C)[C@@H](C(=O)COc3ccncc3)CC[C@@H]12. The van der Waals surface area contributed by atoms with Crippen LogP contribution in [0.3, 0.4) is 0 Å². The molecule has 4 saturated carbocycles. The number of ether oxygens (including phenoxy) is 1. The molecule has 0 spiro atoms. The highest BCUT2D eigenvalue weighted by Gasteiger charge is 2.61. The Bertz CT molecular complexity index is 782. The second kappa shape index (κ2) is 7.62. The largest absolute Gasteiger partial charge is 0.486 e. The number of hydrogen-bond acceptors (Lipinski definition) is 4. The zero-order valence-corrected chi connectivity index (χ0v) is 18.6. The summed E-state index contributed by atoms with van der Waals surface area (Å²) < 4.78 is 5.80. The molecule has 4 aliphatic carbocycles. The maximum absolute atomic E-state index is 13.2. The van der Waals surface area contributed by atoms with Gasteiger partial charge in [0.25, 0.3) is 0 Å². The molecule has 5 rings (SSSR count). The van der Waals surface area contributed by atoms with E-state index in [4.69, 9.17) is 4.74 Å². The van der Waals surface area contributed by atoms with E-state index in [0.717, 1.165) is 36.8 Å². The van der Waals surface area contributed by atoms with Crippen LogP contribution >= 0.6 is 0 Å². The molecule has 0 radical (unpaired) electrons. The topological polar surface area (TPSA) is 59.4 Å². The lowest BCUT2D eigenvalue weighted by atomic mass is 9.44. The summed E-state index contributed by atoms with van der Waals surface area (Å²) in [6.45, 7) is 5.13. The van der Waals surface area contributed by atoms with E-state index in [1.165, 1.54) is 38.5 Å². The summed E-state index contributed by atoms with van der Waals surface area (Å²) in [5.41, 5.74) is 0.535. The van der Waals surface area contributed by atoms with Crippen molar-refractivity contribution < 1.29 is 14.6 Å². The number of aliphatic hydroxyl groups excluding tert-OH is 1. The van der Waals surface area contributed by atoms with Crippen molar-refractivity contribution in [3.63, 3.8) is 0 Å². The molecule has 4 fully saturated rings. The van der Waals surface area contributed by atoms with Gasteiger partial charge in [0.15, 0.2) is 5.78 Å². The number of pyridine rings is 1. The molecule has 30 heavy (non-hydrogen) atoms. The Hall–Kier alpha value is -1.42. The third kappa shape index (κ3) is 3.21. The van der Waals surface area contributed by atoms with Gasteiger partial charge in [0.05, 0.1) is 6.10 Å². The van der Waals surface area contributed by atoms with Crippen molar-refractivity contribution >= 4 is 5.78 Å². The molecule has 4 nitrogen and oxygen atoms in total. The number of hydrogen-bond donors (Lipinski definition) is 1. The van der Waals surface area contributed by atoms with Crippen LogP contribution in [0.4, 0.5) is 0 Å². The Kier molecular flexibility index (Phi) is 5.20. The molecule has 8 atom stereocenters. The number of nitrogens with zero attached hydrogens (tertiary/aromatic N) is 1. The average molecular weight is 412 g/mol. The molecule has 4 aliphatic rings. The maximum Gasteiger partial charge on any atom is 0.173 e. The summed E-state index contributed by atoms with van der Waals surface area (Å²) in [6.07, 6.45) is 13.7.